The number of hydrogen-bond acceptors (Lipinski definition) is 8. The Labute approximate surface area is 185 Å². The number of ether oxygens (including phenoxy) is 6. The Morgan fingerprint density at radius 1 is 1.00 bits per heavy atom. The predicted molar refractivity (Wildman–Crippen MR) is 117 cm³/mol. The summed E-state index contributed by atoms with van der Waals surface area (Å²) in [5, 5.41) is 0.122. The van der Waals surface area contributed by atoms with Gasteiger partial charge in [-0.05, 0) is 36.0 Å². The Bertz CT molecular complexity index is 976. The Hall–Kier alpha value is -3.11. The molecule has 0 unspecified atom stereocenters. The molecule has 0 saturated carbocycles. The van der Waals surface area contributed by atoms with E-state index >= 15 is 0 Å². The van der Waals surface area contributed by atoms with Crippen LogP contribution in [0.25, 0.3) is 0 Å². The molecule has 0 bridgehead atoms. The van der Waals surface area contributed by atoms with E-state index in [1.807, 2.05) is 24.3 Å². The maximum Gasteiger partial charge on any atom is 0.231 e. The molecule has 0 spiro atoms. The molecular weight excluding hydrogens is 422 g/mol. The molecule has 0 radical (unpaired) electrons. The minimum Gasteiger partial charge on any atom is -0.493 e. The maximum atomic E-state index is 6.22. The number of methoxy groups -OCH3 is 3. The van der Waals surface area contributed by atoms with Crippen molar-refractivity contribution in [2.24, 2.45) is 11.7 Å². The third kappa shape index (κ3) is 3.84. The highest BCUT2D eigenvalue weighted by molar-refractivity contribution is 7.80. The Balaban J connectivity index is 1.84. The highest BCUT2D eigenvalue weighted by Gasteiger charge is 2.39. The van der Waals surface area contributed by atoms with E-state index in [2.05, 4.69) is 17.8 Å². The third-order valence-corrected chi connectivity index (χ3v) is 5.58. The summed E-state index contributed by atoms with van der Waals surface area (Å²) in [5.74, 6) is 3.52. The van der Waals surface area contributed by atoms with Gasteiger partial charge in [-0.1, -0.05) is 6.92 Å². The zero-order chi connectivity index (χ0) is 22.1. The van der Waals surface area contributed by atoms with Gasteiger partial charge in [-0.25, -0.2) is 0 Å². The second-order valence-electron chi connectivity index (χ2n) is 7.21. The van der Waals surface area contributed by atoms with Gasteiger partial charge in [-0.2, -0.15) is 5.43 Å². The van der Waals surface area contributed by atoms with Crippen LogP contribution in [0.5, 0.6) is 34.5 Å². The number of nitrogens with one attached hydrogen (secondary N) is 2. The molecule has 2 aromatic carbocycles. The first-order valence-electron chi connectivity index (χ1n) is 9.67. The summed E-state index contributed by atoms with van der Waals surface area (Å²) in [6.07, 6.45) is -0.432. The number of hydrogen-bond donors (Lipinski definition) is 3. The van der Waals surface area contributed by atoms with Gasteiger partial charge in [0, 0.05) is 23.5 Å². The van der Waals surface area contributed by atoms with Crippen LogP contribution >= 0.6 is 12.2 Å². The molecule has 2 aliphatic rings. The van der Waals surface area contributed by atoms with Crippen molar-refractivity contribution in [3.8, 4) is 34.5 Å². The van der Waals surface area contributed by atoms with Crippen LogP contribution in [0.3, 0.4) is 0 Å². The lowest BCUT2D eigenvalue weighted by atomic mass is 9.78. The fourth-order valence-electron chi connectivity index (χ4n) is 4.05. The van der Waals surface area contributed by atoms with Crippen LogP contribution in [0.2, 0.25) is 0 Å². The molecule has 31 heavy (non-hydrogen) atoms. The van der Waals surface area contributed by atoms with E-state index in [0.29, 0.717) is 34.5 Å². The number of thiocarbonyl (C=S) groups is 1. The summed E-state index contributed by atoms with van der Waals surface area (Å²) in [4.78, 5) is 0. The van der Waals surface area contributed by atoms with Crippen LogP contribution in [0, 0.1) is 5.92 Å². The van der Waals surface area contributed by atoms with E-state index in [1.165, 1.54) is 0 Å². The van der Waals surface area contributed by atoms with Crippen LogP contribution < -0.4 is 45.0 Å². The largest absolute Gasteiger partial charge is 0.493 e. The van der Waals surface area contributed by atoms with Crippen molar-refractivity contribution < 1.29 is 28.4 Å². The van der Waals surface area contributed by atoms with E-state index in [0.717, 1.165) is 11.1 Å². The van der Waals surface area contributed by atoms with Crippen molar-refractivity contribution in [3.05, 3.63) is 35.4 Å². The summed E-state index contributed by atoms with van der Waals surface area (Å²) in [5.41, 5.74) is 13.4. The van der Waals surface area contributed by atoms with Gasteiger partial charge in [-0.3, -0.25) is 5.43 Å². The van der Waals surface area contributed by atoms with Gasteiger partial charge in [0.25, 0.3) is 0 Å². The summed E-state index contributed by atoms with van der Waals surface area (Å²) in [6, 6.07) is 7.68. The molecule has 0 aliphatic carbocycles. The van der Waals surface area contributed by atoms with Gasteiger partial charge in [0.15, 0.2) is 34.3 Å². The van der Waals surface area contributed by atoms with Gasteiger partial charge in [0.05, 0.1) is 21.3 Å². The lowest BCUT2D eigenvalue weighted by molar-refractivity contribution is 0.0725. The summed E-state index contributed by atoms with van der Waals surface area (Å²) < 4.78 is 34.0. The second-order valence-corrected chi connectivity index (χ2v) is 7.65. The number of benzene rings is 2. The standard InChI is InChI=1S/C21H25N3O6S/c1-10-18(11-5-16(25-2)19(27-4)17(6-11)26-3)12-7-14-15(29-9-28-14)8-13(12)30-20(10)23-24-21(22)31/h5-8,10,18,20,23H,9H2,1-4H3,(H3,22,24,31)/t10-,18+,20+/m1/s1. The number of fused-ring (bicyclic) bond motifs is 2. The lowest BCUT2D eigenvalue weighted by Gasteiger charge is -2.38. The summed E-state index contributed by atoms with van der Waals surface area (Å²) in [7, 11) is 4.77. The molecule has 0 fully saturated rings. The Morgan fingerprint density at radius 2 is 1.65 bits per heavy atom. The fraction of sp³-hybridized carbons (Fsp3) is 0.381. The van der Waals surface area contributed by atoms with Gasteiger partial charge < -0.3 is 34.2 Å². The van der Waals surface area contributed by atoms with E-state index < -0.39 is 6.23 Å². The molecule has 4 rings (SSSR count). The average molecular weight is 448 g/mol. The van der Waals surface area contributed by atoms with Crippen molar-refractivity contribution in [1.82, 2.24) is 10.9 Å². The first-order valence-corrected chi connectivity index (χ1v) is 10.1. The Kier molecular flexibility index (Phi) is 5.84. The van der Waals surface area contributed by atoms with Gasteiger partial charge in [0.1, 0.15) is 5.75 Å². The van der Waals surface area contributed by atoms with Crippen molar-refractivity contribution in [2.75, 3.05) is 28.1 Å². The Morgan fingerprint density at radius 3 is 2.23 bits per heavy atom. The molecule has 2 aromatic rings. The van der Waals surface area contributed by atoms with Gasteiger partial charge in [0.2, 0.25) is 12.5 Å². The minimum atomic E-state index is -0.432. The van der Waals surface area contributed by atoms with Crippen LogP contribution in [0.4, 0.5) is 0 Å². The molecule has 3 atom stereocenters. The molecule has 0 amide bonds. The minimum absolute atomic E-state index is 0.0440. The zero-order valence-electron chi connectivity index (χ0n) is 17.7. The van der Waals surface area contributed by atoms with Crippen LogP contribution in [0.1, 0.15) is 24.0 Å². The zero-order valence-corrected chi connectivity index (χ0v) is 18.5. The van der Waals surface area contributed by atoms with E-state index in [9.17, 15) is 0 Å². The third-order valence-electron chi connectivity index (χ3n) is 5.48. The molecule has 4 N–H and O–H groups in total. The van der Waals surface area contributed by atoms with Crippen LogP contribution in [-0.2, 0) is 0 Å². The molecule has 10 heteroatoms. The normalized spacial score (nSPS) is 21.0. The smallest absolute Gasteiger partial charge is 0.231 e. The molecule has 166 valence electrons. The molecule has 0 aromatic heterocycles. The highest BCUT2D eigenvalue weighted by Crippen LogP contribution is 2.51. The predicted octanol–water partition coefficient (Wildman–Crippen LogP) is 2.27. The van der Waals surface area contributed by atoms with Crippen LogP contribution in [0.15, 0.2) is 24.3 Å². The molecule has 2 aliphatic heterocycles. The molecule has 2 heterocycles. The van der Waals surface area contributed by atoms with Crippen molar-refractivity contribution >= 4 is 17.3 Å². The average Bonchev–Trinajstić information content (AvgIpc) is 3.22. The molecule has 9 nitrogen and oxygen atoms in total. The number of nitrogens with two attached hydrogens (primary N) is 1. The maximum absolute atomic E-state index is 6.22. The summed E-state index contributed by atoms with van der Waals surface area (Å²) >= 11 is 4.93. The summed E-state index contributed by atoms with van der Waals surface area (Å²) in [6.45, 7) is 2.24. The monoisotopic (exact) mass is 447 g/mol. The molecular formula is C21H25N3O6S. The topological polar surface area (TPSA) is 105 Å². The van der Waals surface area contributed by atoms with E-state index in [-0.39, 0.29) is 23.7 Å². The van der Waals surface area contributed by atoms with Gasteiger partial charge in [-0.15, -0.1) is 0 Å². The fourth-order valence-corrected chi connectivity index (χ4v) is 4.11. The quantitative estimate of drug-likeness (QED) is 0.451. The van der Waals surface area contributed by atoms with Gasteiger partial charge >= 0.3 is 0 Å². The van der Waals surface area contributed by atoms with E-state index in [4.69, 9.17) is 46.4 Å². The first kappa shape index (κ1) is 21.1. The van der Waals surface area contributed by atoms with Crippen molar-refractivity contribution in [1.29, 1.82) is 0 Å². The number of hydrazine groups is 1. The second kappa shape index (κ2) is 8.56. The van der Waals surface area contributed by atoms with Crippen molar-refractivity contribution in [3.63, 3.8) is 0 Å². The number of rotatable bonds is 6. The van der Waals surface area contributed by atoms with Crippen molar-refractivity contribution in [2.45, 2.75) is 19.1 Å². The first-order chi connectivity index (χ1) is 15.0. The SMILES string of the molecule is COc1cc([C@H]2c3cc4c(cc3O[C@H](NNC(N)=S)[C@@H]2C)OCO4)cc(OC)c1OC. The highest BCUT2D eigenvalue weighted by atomic mass is 32.1. The van der Waals surface area contributed by atoms with E-state index in [1.54, 1.807) is 21.3 Å². The molecule has 0 saturated heterocycles. The lowest BCUT2D eigenvalue weighted by Crippen LogP contribution is -2.54. The van der Waals surface area contributed by atoms with Crippen LogP contribution in [-0.4, -0.2) is 39.5 Å².